The third kappa shape index (κ3) is 2.00. The van der Waals surface area contributed by atoms with E-state index in [0.29, 0.717) is 5.56 Å². The molecule has 0 spiro atoms. The molecule has 0 unspecified atom stereocenters. The Hall–Kier alpha value is -1.72. The van der Waals surface area contributed by atoms with E-state index in [1.807, 2.05) is 12.1 Å². The smallest absolute Gasteiger partial charge is 0.165 e. The normalized spacial score (nSPS) is 19.0. The molecule has 2 aromatic carbocycles. The zero-order valence-electron chi connectivity index (χ0n) is 12.2. The van der Waals surface area contributed by atoms with Crippen LogP contribution in [0, 0.1) is 0 Å². The Morgan fingerprint density at radius 2 is 1.86 bits per heavy atom. The topological polar surface area (TPSA) is 63.9 Å². The minimum atomic E-state index is -0.117. The van der Waals surface area contributed by atoms with Crippen molar-refractivity contribution in [1.82, 2.24) is 4.90 Å². The summed E-state index contributed by atoms with van der Waals surface area (Å²) in [5.41, 5.74) is 4.83. The van der Waals surface area contributed by atoms with Crippen molar-refractivity contribution in [3.05, 3.63) is 41.0 Å². The highest BCUT2D eigenvalue weighted by molar-refractivity contribution is 5.83. The van der Waals surface area contributed by atoms with Gasteiger partial charge in [-0.15, -0.1) is 0 Å². The number of hydrogen-bond donors (Lipinski definition) is 3. The molecule has 0 fully saturated rings. The van der Waals surface area contributed by atoms with E-state index in [1.165, 1.54) is 11.6 Å². The fourth-order valence-electron chi connectivity index (χ4n) is 3.74. The molecule has 4 rings (SSSR count). The molecule has 2 aromatic rings. The summed E-state index contributed by atoms with van der Waals surface area (Å²) in [7, 11) is 2.11. The van der Waals surface area contributed by atoms with Crippen molar-refractivity contribution in [1.29, 1.82) is 0 Å². The van der Waals surface area contributed by atoms with Crippen LogP contribution in [0.15, 0.2) is 24.3 Å². The molecule has 0 amide bonds. The van der Waals surface area contributed by atoms with Gasteiger partial charge in [0.25, 0.3) is 0 Å². The van der Waals surface area contributed by atoms with Gasteiger partial charge in [0.15, 0.2) is 11.5 Å². The Kier molecular flexibility index (Phi) is 3.57. The van der Waals surface area contributed by atoms with Crippen molar-refractivity contribution in [3.63, 3.8) is 0 Å². The van der Waals surface area contributed by atoms with Gasteiger partial charge in [0.2, 0.25) is 0 Å². The highest BCUT2D eigenvalue weighted by Crippen LogP contribution is 2.50. The Morgan fingerprint density at radius 3 is 2.64 bits per heavy atom. The first-order valence-corrected chi connectivity index (χ1v) is 7.16. The summed E-state index contributed by atoms with van der Waals surface area (Å²) in [6.45, 7) is 0.958. The molecule has 1 atom stereocenters. The Labute approximate surface area is 139 Å². The van der Waals surface area contributed by atoms with E-state index in [1.54, 1.807) is 6.07 Å². The number of halogens is 1. The maximum Gasteiger partial charge on any atom is 0.165 e. The van der Waals surface area contributed by atoms with E-state index in [-0.39, 0.29) is 40.3 Å². The number of phenolic OH excluding ortho intramolecular Hbond substituents is 3. The fourth-order valence-corrected chi connectivity index (χ4v) is 3.74. The van der Waals surface area contributed by atoms with Crippen LogP contribution >= 0.6 is 0 Å². The second-order valence-corrected chi connectivity index (χ2v) is 5.98. The standard InChI is InChI=1S/C17H17NO3.BrH/c1-18-5-4-10-6-11(19)8-12-15(10)13(18)7-9-2-3-14(20)17(21)16(9)12;/h2-3,6,8,13,19-21H,4-5,7H2,1H3;1H/p-1/t13-;/m1./s1. The van der Waals surface area contributed by atoms with Crippen LogP contribution < -0.4 is 17.0 Å². The number of benzene rings is 2. The number of likely N-dealkylation sites (N-methyl/N-ethyl adjacent to an activating group) is 1. The highest BCUT2D eigenvalue weighted by atomic mass is 79.9. The fraction of sp³-hybridized carbons (Fsp3) is 0.294. The lowest BCUT2D eigenvalue weighted by Crippen LogP contribution is -3.00. The minimum absolute atomic E-state index is 0. The third-order valence-electron chi connectivity index (χ3n) is 4.78. The van der Waals surface area contributed by atoms with Crippen molar-refractivity contribution in [2.45, 2.75) is 18.9 Å². The Morgan fingerprint density at radius 1 is 1.09 bits per heavy atom. The molecule has 22 heavy (non-hydrogen) atoms. The van der Waals surface area contributed by atoms with Crippen LogP contribution in [0.1, 0.15) is 22.7 Å². The van der Waals surface area contributed by atoms with Gasteiger partial charge in [-0.3, -0.25) is 4.90 Å². The van der Waals surface area contributed by atoms with E-state index in [4.69, 9.17) is 0 Å². The predicted octanol–water partition coefficient (Wildman–Crippen LogP) is -0.441. The lowest BCUT2D eigenvalue weighted by Gasteiger charge is -2.40. The second-order valence-electron chi connectivity index (χ2n) is 5.98. The number of rotatable bonds is 0. The van der Waals surface area contributed by atoms with Crippen molar-refractivity contribution in [2.24, 2.45) is 0 Å². The van der Waals surface area contributed by atoms with Gasteiger partial charge >= 0.3 is 0 Å². The van der Waals surface area contributed by atoms with E-state index in [2.05, 4.69) is 11.9 Å². The van der Waals surface area contributed by atoms with Crippen LogP contribution in [0.3, 0.4) is 0 Å². The van der Waals surface area contributed by atoms with Crippen LogP contribution in [0.5, 0.6) is 17.2 Å². The molecular formula is C17H17BrNO3-. The molecule has 5 heteroatoms. The van der Waals surface area contributed by atoms with Gasteiger partial charge in [0.05, 0.1) is 0 Å². The summed E-state index contributed by atoms with van der Waals surface area (Å²) in [4.78, 5) is 2.32. The molecule has 4 nitrogen and oxygen atoms in total. The van der Waals surface area contributed by atoms with Gasteiger partial charge in [-0.25, -0.2) is 0 Å². The average Bonchev–Trinajstić information content (AvgIpc) is 2.46. The predicted molar refractivity (Wildman–Crippen MR) is 79.7 cm³/mol. The van der Waals surface area contributed by atoms with Crippen LogP contribution in [0.25, 0.3) is 11.1 Å². The lowest BCUT2D eigenvalue weighted by atomic mass is 9.77. The molecule has 3 N–H and O–H groups in total. The second kappa shape index (κ2) is 5.18. The SMILES string of the molecule is CN1CCc2cc(O)cc3c2[C@H]1Cc1ccc(O)c(O)c1-3.[Br-]. The molecule has 1 aliphatic heterocycles. The summed E-state index contributed by atoms with van der Waals surface area (Å²) in [5.74, 6) is 0.00285. The third-order valence-corrected chi connectivity index (χ3v) is 4.78. The van der Waals surface area contributed by atoms with Crippen LogP contribution in [-0.4, -0.2) is 33.8 Å². The molecule has 1 heterocycles. The van der Waals surface area contributed by atoms with E-state index >= 15 is 0 Å². The van der Waals surface area contributed by atoms with Gasteiger partial charge in [-0.05, 0) is 60.3 Å². The molecule has 1 aliphatic carbocycles. The molecule has 0 bridgehead atoms. The molecule has 2 aliphatic rings. The molecule has 116 valence electrons. The van der Waals surface area contributed by atoms with Crippen molar-refractivity contribution in [3.8, 4) is 28.4 Å². The van der Waals surface area contributed by atoms with E-state index in [0.717, 1.165) is 36.1 Å². The Balaban J connectivity index is 0.00000144. The number of fused-ring (bicyclic) bond motifs is 2. The van der Waals surface area contributed by atoms with Crippen LogP contribution in [0.4, 0.5) is 0 Å². The molecule has 0 saturated carbocycles. The van der Waals surface area contributed by atoms with Gasteiger partial charge < -0.3 is 32.3 Å². The largest absolute Gasteiger partial charge is 1.00 e. The van der Waals surface area contributed by atoms with E-state index in [9.17, 15) is 15.3 Å². The van der Waals surface area contributed by atoms with Crippen molar-refractivity contribution < 1.29 is 32.3 Å². The maximum absolute atomic E-state index is 10.3. The summed E-state index contributed by atoms with van der Waals surface area (Å²) >= 11 is 0. The molecule has 0 aromatic heterocycles. The van der Waals surface area contributed by atoms with Gasteiger partial charge in [0.1, 0.15) is 5.75 Å². The number of aromatic hydroxyl groups is 3. The average molecular weight is 363 g/mol. The summed E-state index contributed by atoms with van der Waals surface area (Å²) in [6, 6.07) is 7.18. The first-order chi connectivity index (χ1) is 10.1. The van der Waals surface area contributed by atoms with E-state index < -0.39 is 0 Å². The van der Waals surface area contributed by atoms with Gasteiger partial charge in [0, 0.05) is 18.2 Å². The number of phenols is 3. The monoisotopic (exact) mass is 362 g/mol. The molecule has 0 saturated heterocycles. The zero-order chi connectivity index (χ0) is 14.7. The number of nitrogens with zero attached hydrogens (tertiary/aromatic N) is 1. The first-order valence-electron chi connectivity index (χ1n) is 7.16. The highest BCUT2D eigenvalue weighted by Gasteiger charge is 2.34. The van der Waals surface area contributed by atoms with Crippen molar-refractivity contribution in [2.75, 3.05) is 13.6 Å². The Bertz CT molecular complexity index is 760. The summed E-state index contributed by atoms with van der Waals surface area (Å²) in [5, 5.41) is 30.1. The van der Waals surface area contributed by atoms with Crippen LogP contribution in [-0.2, 0) is 12.8 Å². The zero-order valence-corrected chi connectivity index (χ0v) is 13.8. The van der Waals surface area contributed by atoms with Crippen LogP contribution in [0.2, 0.25) is 0 Å². The number of hydrogen-bond acceptors (Lipinski definition) is 4. The summed E-state index contributed by atoms with van der Waals surface area (Å²) < 4.78 is 0. The minimum Gasteiger partial charge on any atom is -1.00 e. The van der Waals surface area contributed by atoms with Gasteiger partial charge in [-0.1, -0.05) is 6.07 Å². The summed E-state index contributed by atoms with van der Waals surface area (Å²) in [6.07, 6.45) is 1.70. The maximum atomic E-state index is 10.3. The first kappa shape index (κ1) is 15.2. The lowest BCUT2D eigenvalue weighted by molar-refractivity contribution is -0.00000703. The van der Waals surface area contributed by atoms with Crippen molar-refractivity contribution >= 4 is 0 Å². The molecule has 0 radical (unpaired) electrons. The molecular weight excluding hydrogens is 346 g/mol. The quantitative estimate of drug-likeness (QED) is 0.556. The van der Waals surface area contributed by atoms with Gasteiger partial charge in [-0.2, -0.15) is 0 Å².